The van der Waals surface area contributed by atoms with Crippen LogP contribution in [0.5, 0.6) is 11.5 Å². The predicted octanol–water partition coefficient (Wildman–Crippen LogP) is 5.10. The number of thioether (sulfide) groups is 1. The fourth-order valence-corrected chi connectivity index (χ4v) is 4.19. The fourth-order valence-electron chi connectivity index (χ4n) is 3.37. The fraction of sp³-hybridized carbons (Fsp3) is 0.115. The smallest absolute Gasteiger partial charge is 0.270 e. The quantitative estimate of drug-likeness (QED) is 0.145. The third kappa shape index (κ3) is 5.71. The Morgan fingerprint density at radius 2 is 1.81 bits per heavy atom. The number of H-pyrrole nitrogens is 1. The average molecular weight is 501 g/mol. The lowest BCUT2D eigenvalue weighted by Crippen LogP contribution is -2.14. The van der Waals surface area contributed by atoms with E-state index in [2.05, 4.69) is 9.97 Å². The molecule has 4 aromatic rings. The largest absolute Gasteiger partial charge is 0.493 e. The molecule has 3 aromatic carbocycles. The van der Waals surface area contributed by atoms with Crippen molar-refractivity contribution in [2.24, 2.45) is 0 Å². The monoisotopic (exact) mass is 500 g/mol. The van der Waals surface area contributed by atoms with Crippen molar-refractivity contribution in [3.8, 4) is 28.8 Å². The molecular formula is C26H20N4O5S. The first kappa shape index (κ1) is 24.5. The Bertz CT molecular complexity index is 1480. The zero-order valence-electron chi connectivity index (χ0n) is 19.1. The number of non-ortho nitro benzene ring substituents is 1. The van der Waals surface area contributed by atoms with Gasteiger partial charge in [-0.1, -0.05) is 54.2 Å². The number of nitrogens with one attached hydrogen (secondary N) is 1. The molecule has 36 heavy (non-hydrogen) atoms. The predicted molar refractivity (Wildman–Crippen MR) is 135 cm³/mol. The average Bonchev–Trinajstić information content (AvgIpc) is 2.91. The molecule has 1 heterocycles. The molecule has 0 saturated carbocycles. The van der Waals surface area contributed by atoms with Gasteiger partial charge in [0.15, 0.2) is 16.7 Å². The van der Waals surface area contributed by atoms with Crippen molar-refractivity contribution in [1.82, 2.24) is 9.97 Å². The Hall–Kier alpha value is -4.62. The van der Waals surface area contributed by atoms with Crippen LogP contribution in [0.2, 0.25) is 0 Å². The number of hydrogen-bond donors (Lipinski definition) is 1. The van der Waals surface area contributed by atoms with Crippen molar-refractivity contribution in [1.29, 1.82) is 5.26 Å². The van der Waals surface area contributed by atoms with Gasteiger partial charge in [-0.05, 0) is 29.3 Å². The van der Waals surface area contributed by atoms with E-state index in [1.54, 1.807) is 30.3 Å². The van der Waals surface area contributed by atoms with E-state index in [1.165, 1.54) is 31.0 Å². The first-order valence-corrected chi connectivity index (χ1v) is 11.7. The summed E-state index contributed by atoms with van der Waals surface area (Å²) in [5.41, 5.74) is 1.90. The van der Waals surface area contributed by atoms with E-state index in [4.69, 9.17) is 9.47 Å². The minimum absolute atomic E-state index is 0.00100. The first-order valence-electron chi connectivity index (χ1n) is 10.7. The van der Waals surface area contributed by atoms with Gasteiger partial charge in [-0.2, -0.15) is 5.26 Å². The van der Waals surface area contributed by atoms with Crippen molar-refractivity contribution < 1.29 is 14.4 Å². The molecule has 180 valence electrons. The lowest BCUT2D eigenvalue weighted by atomic mass is 10.1. The maximum absolute atomic E-state index is 12.6. The molecule has 0 saturated heterocycles. The summed E-state index contributed by atoms with van der Waals surface area (Å²) in [6, 6.07) is 22.9. The molecule has 9 nitrogen and oxygen atoms in total. The SMILES string of the molecule is COc1cc(-c2nc(SCc3ccc([N+](=O)[O-])cc3)[nH]c(=O)c2C#N)ccc1OCc1ccccc1. The van der Waals surface area contributed by atoms with Gasteiger partial charge in [-0.15, -0.1) is 0 Å². The lowest BCUT2D eigenvalue weighted by molar-refractivity contribution is -0.384. The Morgan fingerprint density at radius 1 is 1.06 bits per heavy atom. The molecular weight excluding hydrogens is 480 g/mol. The highest BCUT2D eigenvalue weighted by Gasteiger charge is 2.16. The van der Waals surface area contributed by atoms with E-state index in [-0.39, 0.29) is 16.9 Å². The minimum atomic E-state index is -0.558. The van der Waals surface area contributed by atoms with Crippen molar-refractivity contribution in [3.63, 3.8) is 0 Å². The van der Waals surface area contributed by atoms with Crippen molar-refractivity contribution in [2.45, 2.75) is 17.5 Å². The summed E-state index contributed by atoms with van der Waals surface area (Å²) in [4.78, 5) is 30.1. The van der Waals surface area contributed by atoms with Gasteiger partial charge in [0.2, 0.25) is 0 Å². The van der Waals surface area contributed by atoms with Crippen LogP contribution in [0.25, 0.3) is 11.3 Å². The maximum Gasteiger partial charge on any atom is 0.270 e. The van der Waals surface area contributed by atoms with E-state index < -0.39 is 10.5 Å². The van der Waals surface area contributed by atoms with Crippen molar-refractivity contribution >= 4 is 17.4 Å². The number of nitro benzene ring substituents is 1. The van der Waals surface area contributed by atoms with Crippen LogP contribution in [0, 0.1) is 21.4 Å². The summed E-state index contributed by atoms with van der Waals surface area (Å²) in [6.07, 6.45) is 0. The second-order valence-corrected chi connectivity index (χ2v) is 8.52. The van der Waals surface area contributed by atoms with E-state index >= 15 is 0 Å². The highest BCUT2D eigenvalue weighted by Crippen LogP contribution is 2.33. The van der Waals surface area contributed by atoms with Crippen LogP contribution in [0.15, 0.2) is 82.7 Å². The number of methoxy groups -OCH3 is 1. The van der Waals surface area contributed by atoms with Gasteiger partial charge >= 0.3 is 0 Å². The Labute approximate surface area is 210 Å². The van der Waals surface area contributed by atoms with Crippen molar-refractivity contribution in [2.75, 3.05) is 7.11 Å². The summed E-state index contributed by atoms with van der Waals surface area (Å²) >= 11 is 1.25. The third-order valence-corrected chi connectivity index (χ3v) is 6.15. The van der Waals surface area contributed by atoms with Crippen LogP contribution in [-0.4, -0.2) is 22.0 Å². The summed E-state index contributed by atoms with van der Waals surface area (Å²) in [7, 11) is 1.51. The topological polar surface area (TPSA) is 131 Å². The molecule has 4 rings (SSSR count). The van der Waals surface area contributed by atoms with E-state index in [0.717, 1.165) is 11.1 Å². The molecule has 10 heteroatoms. The molecule has 0 aliphatic rings. The number of benzene rings is 3. The minimum Gasteiger partial charge on any atom is -0.493 e. The molecule has 0 spiro atoms. The van der Waals surface area contributed by atoms with Crippen LogP contribution < -0.4 is 15.0 Å². The molecule has 0 atom stereocenters. The van der Waals surface area contributed by atoms with Gasteiger partial charge in [0, 0.05) is 23.4 Å². The first-order chi connectivity index (χ1) is 17.5. The Balaban J connectivity index is 1.58. The second-order valence-electron chi connectivity index (χ2n) is 7.56. The molecule has 0 bridgehead atoms. The number of ether oxygens (including phenoxy) is 2. The van der Waals surface area contributed by atoms with Crippen LogP contribution >= 0.6 is 11.8 Å². The van der Waals surface area contributed by atoms with Gasteiger partial charge in [-0.3, -0.25) is 14.9 Å². The summed E-state index contributed by atoms with van der Waals surface area (Å²) in [6.45, 7) is 0.354. The summed E-state index contributed by atoms with van der Waals surface area (Å²) in [5.74, 6) is 1.37. The molecule has 0 radical (unpaired) electrons. The third-order valence-electron chi connectivity index (χ3n) is 5.21. The second kappa shape index (κ2) is 11.2. The summed E-state index contributed by atoms with van der Waals surface area (Å²) in [5, 5.41) is 20.7. The molecule has 1 aromatic heterocycles. The number of nitrogens with zero attached hydrogens (tertiary/aromatic N) is 3. The van der Waals surface area contributed by atoms with Gasteiger partial charge in [0.1, 0.15) is 18.2 Å². The Kier molecular flexibility index (Phi) is 7.63. The lowest BCUT2D eigenvalue weighted by Gasteiger charge is -2.13. The number of aromatic nitrogens is 2. The molecule has 0 amide bonds. The number of nitro groups is 1. The van der Waals surface area contributed by atoms with Crippen LogP contribution in [0.3, 0.4) is 0 Å². The van der Waals surface area contributed by atoms with E-state index in [9.17, 15) is 20.2 Å². The van der Waals surface area contributed by atoms with Crippen LogP contribution in [-0.2, 0) is 12.4 Å². The van der Waals surface area contributed by atoms with Gasteiger partial charge in [0.05, 0.1) is 17.7 Å². The zero-order valence-corrected chi connectivity index (χ0v) is 20.0. The van der Waals surface area contributed by atoms with Gasteiger partial charge in [-0.25, -0.2) is 4.98 Å². The maximum atomic E-state index is 12.6. The van der Waals surface area contributed by atoms with Gasteiger partial charge < -0.3 is 14.5 Å². The molecule has 0 aliphatic heterocycles. The number of rotatable bonds is 9. The molecule has 1 N–H and O–H groups in total. The highest BCUT2D eigenvalue weighted by molar-refractivity contribution is 7.98. The standard InChI is InChI=1S/C26H20N4O5S/c1-34-23-13-19(9-12-22(23)35-15-17-5-3-2-4-6-17)24-21(14-27)25(31)29-26(28-24)36-16-18-7-10-20(11-8-18)30(32)33/h2-13H,15-16H2,1H3,(H,28,29,31). The zero-order chi connectivity index (χ0) is 25.5. The molecule has 0 fully saturated rings. The van der Waals surface area contributed by atoms with E-state index in [1.807, 2.05) is 36.4 Å². The van der Waals surface area contributed by atoms with Gasteiger partial charge in [0.25, 0.3) is 11.2 Å². The molecule has 0 aliphatic carbocycles. The number of aromatic amines is 1. The normalized spacial score (nSPS) is 10.4. The summed E-state index contributed by atoms with van der Waals surface area (Å²) < 4.78 is 11.4. The van der Waals surface area contributed by atoms with Crippen LogP contribution in [0.1, 0.15) is 16.7 Å². The highest BCUT2D eigenvalue weighted by atomic mass is 32.2. The Morgan fingerprint density at radius 3 is 2.47 bits per heavy atom. The number of hydrogen-bond acceptors (Lipinski definition) is 8. The molecule has 0 unspecified atom stereocenters. The van der Waals surface area contributed by atoms with Crippen LogP contribution in [0.4, 0.5) is 5.69 Å². The van der Waals surface area contributed by atoms with Crippen molar-refractivity contribution in [3.05, 3.63) is 110 Å². The van der Waals surface area contributed by atoms with E-state index in [0.29, 0.717) is 34.6 Å². The number of nitriles is 1.